The zero-order valence-electron chi connectivity index (χ0n) is 9.75. The highest BCUT2D eigenvalue weighted by Crippen LogP contribution is 2.26. The minimum atomic E-state index is -5.04. The average Bonchev–Trinajstić information content (AvgIpc) is 2.36. The van der Waals surface area contributed by atoms with Gasteiger partial charge in [-0.25, -0.2) is 10.2 Å². The zero-order valence-corrected chi connectivity index (χ0v) is 9.75. The molecule has 1 aromatic rings. The van der Waals surface area contributed by atoms with Crippen molar-refractivity contribution in [3.63, 3.8) is 0 Å². The predicted octanol–water partition coefficient (Wildman–Crippen LogP) is 0.330. The van der Waals surface area contributed by atoms with Crippen molar-refractivity contribution in [2.24, 2.45) is 5.84 Å². The Labute approximate surface area is 109 Å². The first-order chi connectivity index (χ1) is 9.23. The van der Waals surface area contributed by atoms with Crippen LogP contribution in [-0.2, 0) is 16.1 Å². The molecule has 0 unspecified atom stereocenters. The van der Waals surface area contributed by atoms with Gasteiger partial charge in [-0.05, 0) is 17.7 Å². The van der Waals surface area contributed by atoms with Gasteiger partial charge < -0.3 is 10.1 Å². The highest BCUT2D eigenvalue weighted by Gasteiger charge is 2.32. The van der Waals surface area contributed by atoms with Gasteiger partial charge in [0.1, 0.15) is 0 Å². The number of amides is 2. The molecule has 0 fully saturated rings. The molecular formula is C10H9F4N3O3. The molecule has 1 aromatic carbocycles. The number of ether oxygens (including phenoxy) is 1. The fraction of sp³-hybridized carbons (Fsp3) is 0.200. The molecule has 0 bridgehead atoms. The van der Waals surface area contributed by atoms with Crippen molar-refractivity contribution in [3.8, 4) is 5.75 Å². The zero-order chi connectivity index (χ0) is 15.3. The van der Waals surface area contributed by atoms with Crippen molar-refractivity contribution in [1.29, 1.82) is 0 Å². The van der Waals surface area contributed by atoms with Crippen LogP contribution in [0.4, 0.5) is 17.6 Å². The highest BCUT2D eigenvalue weighted by molar-refractivity contribution is 6.34. The van der Waals surface area contributed by atoms with Crippen LogP contribution >= 0.6 is 0 Å². The maximum Gasteiger partial charge on any atom is 0.573 e. The van der Waals surface area contributed by atoms with Crippen LogP contribution < -0.4 is 21.3 Å². The number of carbonyl (C=O) groups excluding carboxylic acids is 2. The smallest absolute Gasteiger partial charge is 0.403 e. The molecule has 0 aliphatic heterocycles. The van der Waals surface area contributed by atoms with E-state index in [2.05, 4.69) is 10.1 Å². The van der Waals surface area contributed by atoms with Crippen LogP contribution in [0.5, 0.6) is 5.75 Å². The minimum Gasteiger partial charge on any atom is -0.403 e. The highest BCUT2D eigenvalue weighted by atomic mass is 19.4. The number of halogens is 4. The summed E-state index contributed by atoms with van der Waals surface area (Å²) >= 11 is 0. The largest absolute Gasteiger partial charge is 0.573 e. The summed E-state index contributed by atoms with van der Waals surface area (Å²) in [6.07, 6.45) is -5.04. The van der Waals surface area contributed by atoms with Crippen molar-refractivity contribution in [3.05, 3.63) is 29.6 Å². The van der Waals surface area contributed by atoms with Gasteiger partial charge in [-0.2, -0.15) is 0 Å². The van der Waals surface area contributed by atoms with E-state index in [1.165, 1.54) is 0 Å². The molecule has 0 saturated carbocycles. The Bertz CT molecular complexity index is 519. The van der Waals surface area contributed by atoms with Crippen LogP contribution in [0.3, 0.4) is 0 Å². The maximum absolute atomic E-state index is 13.1. The summed E-state index contributed by atoms with van der Waals surface area (Å²) in [6.45, 7) is -0.305. The van der Waals surface area contributed by atoms with Crippen LogP contribution in [0.25, 0.3) is 0 Å². The van der Waals surface area contributed by atoms with Crippen LogP contribution in [0, 0.1) is 5.82 Å². The number of hydrogen-bond acceptors (Lipinski definition) is 4. The molecule has 0 radical (unpaired) electrons. The first-order valence-electron chi connectivity index (χ1n) is 5.06. The summed E-state index contributed by atoms with van der Waals surface area (Å²) in [4.78, 5) is 21.8. The lowest BCUT2D eigenvalue weighted by Gasteiger charge is -2.11. The second-order valence-electron chi connectivity index (χ2n) is 3.47. The lowest BCUT2D eigenvalue weighted by atomic mass is 10.2. The molecule has 0 aromatic heterocycles. The van der Waals surface area contributed by atoms with E-state index < -0.39 is 29.7 Å². The van der Waals surface area contributed by atoms with Gasteiger partial charge in [0, 0.05) is 6.54 Å². The van der Waals surface area contributed by atoms with E-state index in [0.29, 0.717) is 0 Å². The van der Waals surface area contributed by atoms with E-state index in [9.17, 15) is 27.2 Å². The standard InChI is InChI=1S/C10H9F4N3O3/c11-6-2-1-5(3-7(6)20-10(12,13)14)4-16-8(18)9(19)17-15/h1-3H,4,15H2,(H,16,18)(H,17,19). The summed E-state index contributed by atoms with van der Waals surface area (Å²) in [5, 5.41) is 2.07. The summed E-state index contributed by atoms with van der Waals surface area (Å²) in [6, 6.07) is 2.62. The number of hydrogen-bond donors (Lipinski definition) is 3. The molecule has 20 heavy (non-hydrogen) atoms. The van der Waals surface area contributed by atoms with E-state index in [-0.39, 0.29) is 12.1 Å². The van der Waals surface area contributed by atoms with E-state index in [4.69, 9.17) is 5.84 Å². The summed E-state index contributed by atoms with van der Waals surface area (Å²) in [7, 11) is 0. The van der Waals surface area contributed by atoms with Gasteiger partial charge in [-0.1, -0.05) is 6.07 Å². The number of benzene rings is 1. The van der Waals surface area contributed by atoms with Gasteiger partial charge in [0.15, 0.2) is 11.6 Å². The average molecular weight is 295 g/mol. The number of hydrazine groups is 1. The second-order valence-corrected chi connectivity index (χ2v) is 3.47. The molecule has 2 amide bonds. The Hall–Kier alpha value is -2.36. The lowest BCUT2D eigenvalue weighted by Crippen LogP contribution is -2.42. The van der Waals surface area contributed by atoms with Gasteiger partial charge in [-0.15, -0.1) is 13.2 Å². The van der Waals surface area contributed by atoms with Crippen molar-refractivity contribution in [2.45, 2.75) is 12.9 Å². The SMILES string of the molecule is NNC(=O)C(=O)NCc1ccc(F)c(OC(F)(F)F)c1. The van der Waals surface area contributed by atoms with Crippen molar-refractivity contribution in [2.75, 3.05) is 0 Å². The van der Waals surface area contributed by atoms with Gasteiger partial charge >= 0.3 is 18.2 Å². The Morgan fingerprint density at radius 3 is 2.45 bits per heavy atom. The van der Waals surface area contributed by atoms with Crippen LogP contribution in [0.1, 0.15) is 5.56 Å². The van der Waals surface area contributed by atoms with Gasteiger partial charge in [0.25, 0.3) is 0 Å². The molecule has 0 aliphatic carbocycles. The first kappa shape index (κ1) is 15.7. The third kappa shape index (κ3) is 4.72. The molecule has 10 heteroatoms. The Morgan fingerprint density at radius 1 is 1.25 bits per heavy atom. The molecule has 6 nitrogen and oxygen atoms in total. The molecule has 4 N–H and O–H groups in total. The molecule has 0 atom stereocenters. The summed E-state index contributed by atoms with van der Waals surface area (Å²) in [5.41, 5.74) is 1.67. The topological polar surface area (TPSA) is 93.5 Å². The van der Waals surface area contributed by atoms with Gasteiger partial charge in [0.05, 0.1) is 0 Å². The van der Waals surface area contributed by atoms with Crippen LogP contribution in [0.15, 0.2) is 18.2 Å². The number of nitrogens with two attached hydrogens (primary N) is 1. The summed E-state index contributed by atoms with van der Waals surface area (Å²) in [5.74, 6) is 0.241. The predicted molar refractivity (Wildman–Crippen MR) is 57.3 cm³/mol. The van der Waals surface area contributed by atoms with E-state index >= 15 is 0 Å². The normalized spacial score (nSPS) is 10.8. The number of carbonyl (C=O) groups is 2. The van der Waals surface area contributed by atoms with Crippen molar-refractivity contribution >= 4 is 11.8 Å². The quantitative estimate of drug-likeness (QED) is 0.246. The van der Waals surface area contributed by atoms with Gasteiger partial charge in [0.2, 0.25) is 0 Å². The Balaban J connectivity index is 2.75. The maximum atomic E-state index is 13.1. The van der Waals surface area contributed by atoms with Crippen LogP contribution in [0.2, 0.25) is 0 Å². The molecule has 0 heterocycles. The van der Waals surface area contributed by atoms with E-state index in [1.807, 2.05) is 0 Å². The molecule has 110 valence electrons. The van der Waals surface area contributed by atoms with E-state index in [0.717, 1.165) is 18.2 Å². The third-order valence-corrected chi connectivity index (χ3v) is 2.01. The summed E-state index contributed by atoms with van der Waals surface area (Å²) < 4.78 is 52.5. The molecule has 0 spiro atoms. The third-order valence-electron chi connectivity index (χ3n) is 2.01. The van der Waals surface area contributed by atoms with Gasteiger partial charge in [-0.3, -0.25) is 15.0 Å². The van der Waals surface area contributed by atoms with E-state index in [1.54, 1.807) is 5.43 Å². The van der Waals surface area contributed by atoms with Crippen LogP contribution in [-0.4, -0.2) is 18.2 Å². The fourth-order valence-electron chi connectivity index (χ4n) is 1.19. The second kappa shape index (κ2) is 6.19. The Morgan fingerprint density at radius 2 is 1.90 bits per heavy atom. The number of alkyl halides is 3. The molecule has 0 aliphatic rings. The Kier molecular flexibility index (Phi) is 4.86. The molecular weight excluding hydrogens is 286 g/mol. The monoisotopic (exact) mass is 295 g/mol. The molecule has 0 saturated heterocycles. The lowest BCUT2D eigenvalue weighted by molar-refractivity contribution is -0.275. The van der Waals surface area contributed by atoms with Crippen molar-refractivity contribution in [1.82, 2.24) is 10.7 Å². The molecule has 1 rings (SSSR count). The number of rotatable bonds is 3. The first-order valence-corrected chi connectivity index (χ1v) is 5.06. The fourth-order valence-corrected chi connectivity index (χ4v) is 1.19. The van der Waals surface area contributed by atoms with Crippen molar-refractivity contribution < 1.29 is 31.9 Å². The number of nitrogens with one attached hydrogen (secondary N) is 2. The minimum absolute atomic E-state index is 0.101.